The fourth-order valence-electron chi connectivity index (χ4n) is 2.71. The molecule has 0 aliphatic rings. The molecule has 0 fully saturated rings. The number of nitrogens with one attached hydrogen (secondary N) is 2. The Morgan fingerprint density at radius 1 is 1.10 bits per heavy atom. The first-order valence-corrected chi connectivity index (χ1v) is 11.8. The second-order valence-electron chi connectivity index (χ2n) is 6.81. The Balaban J connectivity index is 1.98. The molecular weight excluding hydrogens is 400 g/mol. The van der Waals surface area contributed by atoms with Crippen LogP contribution < -0.4 is 15.4 Å². The molecule has 29 heavy (non-hydrogen) atoms. The van der Waals surface area contributed by atoms with Crippen LogP contribution in [0.3, 0.4) is 0 Å². The van der Waals surface area contributed by atoms with Crippen LogP contribution in [0, 0.1) is 6.92 Å². The maximum atomic E-state index is 12.7. The van der Waals surface area contributed by atoms with Crippen LogP contribution >= 0.6 is 24.0 Å². The van der Waals surface area contributed by atoms with Gasteiger partial charge in [-0.2, -0.15) is 11.8 Å². The van der Waals surface area contributed by atoms with E-state index in [1.165, 1.54) is 6.42 Å². The second kappa shape index (κ2) is 12.5. The number of benzene rings is 2. The van der Waals surface area contributed by atoms with E-state index in [-0.39, 0.29) is 5.91 Å². The molecule has 0 unspecified atom stereocenters. The summed E-state index contributed by atoms with van der Waals surface area (Å²) in [5.74, 6) is 1.63. The molecule has 0 aliphatic heterocycles. The number of amides is 1. The van der Waals surface area contributed by atoms with Crippen molar-refractivity contribution < 1.29 is 9.53 Å². The van der Waals surface area contributed by atoms with E-state index < -0.39 is 0 Å². The monoisotopic (exact) mass is 430 g/mol. The van der Waals surface area contributed by atoms with E-state index in [0.717, 1.165) is 47.7 Å². The average molecular weight is 431 g/mol. The van der Waals surface area contributed by atoms with Gasteiger partial charge in [0.05, 0.1) is 6.61 Å². The van der Waals surface area contributed by atoms with Gasteiger partial charge in [0.2, 0.25) is 0 Å². The van der Waals surface area contributed by atoms with E-state index in [0.29, 0.717) is 17.2 Å². The number of carbonyl (C=O) groups excluding carboxylic acids is 1. The molecule has 0 aromatic heterocycles. The molecule has 2 aromatic rings. The van der Waals surface area contributed by atoms with Gasteiger partial charge in [-0.25, -0.2) is 0 Å². The fraction of sp³-hybridized carbons (Fsp3) is 0.391. The van der Waals surface area contributed by atoms with Crippen molar-refractivity contribution in [2.75, 3.05) is 30.5 Å². The standard InChI is InChI=1S/C23H30N2O2S2/c1-4-5-6-14-27-20-11-9-18(10-12-20)22(26)25-21-16-19(8-7-17(21)2)23(28)24-13-15-29-3/h7-12,16H,4-6,13-15H2,1-3H3,(H,24,28)(H,25,26). The Morgan fingerprint density at radius 2 is 1.83 bits per heavy atom. The third-order valence-corrected chi connectivity index (χ3v) is 5.47. The molecule has 6 heteroatoms. The number of anilines is 1. The van der Waals surface area contributed by atoms with Crippen molar-refractivity contribution in [3.05, 3.63) is 59.2 Å². The zero-order valence-corrected chi connectivity index (χ0v) is 19.1. The summed E-state index contributed by atoms with van der Waals surface area (Å²) in [5.41, 5.74) is 3.25. The fourth-order valence-corrected chi connectivity index (χ4v) is 3.24. The summed E-state index contributed by atoms with van der Waals surface area (Å²) in [4.78, 5) is 13.4. The van der Waals surface area contributed by atoms with Gasteiger partial charge in [0.25, 0.3) is 5.91 Å². The minimum atomic E-state index is -0.149. The molecule has 0 spiro atoms. The van der Waals surface area contributed by atoms with Crippen LogP contribution in [0.2, 0.25) is 0 Å². The lowest BCUT2D eigenvalue weighted by Crippen LogP contribution is -2.25. The van der Waals surface area contributed by atoms with Crippen LogP contribution in [0.5, 0.6) is 5.75 Å². The molecule has 2 aromatic carbocycles. The van der Waals surface area contributed by atoms with Crippen molar-refractivity contribution in [2.45, 2.75) is 33.1 Å². The van der Waals surface area contributed by atoms with Gasteiger partial charge in [-0.1, -0.05) is 44.1 Å². The molecule has 0 radical (unpaired) electrons. The molecular formula is C23H30N2O2S2. The van der Waals surface area contributed by atoms with Crippen LogP contribution in [0.25, 0.3) is 0 Å². The lowest BCUT2D eigenvalue weighted by molar-refractivity contribution is 0.102. The van der Waals surface area contributed by atoms with Gasteiger partial charge in [-0.05, 0) is 55.5 Å². The number of ether oxygens (including phenoxy) is 1. The van der Waals surface area contributed by atoms with Gasteiger partial charge >= 0.3 is 0 Å². The summed E-state index contributed by atoms with van der Waals surface area (Å²) < 4.78 is 5.71. The molecule has 4 nitrogen and oxygen atoms in total. The van der Waals surface area contributed by atoms with Crippen LogP contribution in [0.15, 0.2) is 42.5 Å². The third-order valence-electron chi connectivity index (χ3n) is 4.47. The predicted molar refractivity (Wildman–Crippen MR) is 129 cm³/mol. The van der Waals surface area contributed by atoms with E-state index in [9.17, 15) is 4.79 Å². The lowest BCUT2D eigenvalue weighted by Gasteiger charge is -2.13. The van der Waals surface area contributed by atoms with E-state index in [2.05, 4.69) is 23.8 Å². The number of hydrogen-bond donors (Lipinski definition) is 2. The molecule has 1 amide bonds. The smallest absolute Gasteiger partial charge is 0.255 e. The van der Waals surface area contributed by atoms with E-state index in [1.807, 2.05) is 37.3 Å². The topological polar surface area (TPSA) is 50.4 Å². The first-order valence-electron chi connectivity index (χ1n) is 9.97. The number of aryl methyl sites for hydroxylation is 1. The number of rotatable bonds is 11. The van der Waals surface area contributed by atoms with Crippen molar-refractivity contribution in [3.63, 3.8) is 0 Å². The third kappa shape index (κ3) is 7.71. The highest BCUT2D eigenvalue weighted by molar-refractivity contribution is 7.98. The highest BCUT2D eigenvalue weighted by Crippen LogP contribution is 2.19. The first kappa shape index (κ1) is 23.2. The van der Waals surface area contributed by atoms with E-state index in [1.54, 1.807) is 23.9 Å². The molecule has 2 rings (SSSR count). The minimum absolute atomic E-state index is 0.149. The molecule has 2 N–H and O–H groups in total. The van der Waals surface area contributed by atoms with Crippen molar-refractivity contribution in [1.82, 2.24) is 5.32 Å². The number of carbonyl (C=O) groups is 1. The minimum Gasteiger partial charge on any atom is -0.494 e. The number of thiocarbonyl (C=S) groups is 1. The summed E-state index contributed by atoms with van der Waals surface area (Å²) in [6.45, 7) is 5.66. The van der Waals surface area contributed by atoms with Crippen LogP contribution in [0.4, 0.5) is 5.69 Å². The predicted octanol–water partition coefficient (Wildman–Crippen LogP) is 5.44. The normalized spacial score (nSPS) is 10.4. The number of hydrogen-bond acceptors (Lipinski definition) is 4. The Bertz CT molecular complexity index is 807. The lowest BCUT2D eigenvalue weighted by atomic mass is 10.1. The average Bonchev–Trinajstić information content (AvgIpc) is 2.73. The number of thioether (sulfide) groups is 1. The van der Waals surface area contributed by atoms with Crippen LogP contribution in [-0.4, -0.2) is 36.1 Å². The van der Waals surface area contributed by atoms with Gasteiger partial charge in [-0.3, -0.25) is 4.79 Å². The Labute approximate surface area is 183 Å². The molecule has 0 saturated carbocycles. The van der Waals surface area contributed by atoms with Crippen molar-refractivity contribution in [1.29, 1.82) is 0 Å². The summed E-state index contributed by atoms with van der Waals surface area (Å²) in [5, 5.41) is 6.24. The summed E-state index contributed by atoms with van der Waals surface area (Å²) in [6, 6.07) is 13.1. The SMILES string of the molecule is CCCCCOc1ccc(C(=O)Nc2cc(C(=S)NCCSC)ccc2C)cc1. The van der Waals surface area contributed by atoms with Crippen LogP contribution in [0.1, 0.15) is 47.7 Å². The van der Waals surface area contributed by atoms with Gasteiger partial charge in [0.1, 0.15) is 10.7 Å². The number of unbranched alkanes of at least 4 members (excludes halogenated alkanes) is 2. The van der Waals surface area contributed by atoms with Gasteiger partial charge in [-0.15, -0.1) is 0 Å². The highest BCUT2D eigenvalue weighted by Gasteiger charge is 2.10. The summed E-state index contributed by atoms with van der Waals surface area (Å²) in [6.07, 6.45) is 5.44. The van der Waals surface area contributed by atoms with Gasteiger partial charge in [0.15, 0.2) is 0 Å². The molecule has 0 saturated heterocycles. The molecule has 156 valence electrons. The molecule has 0 atom stereocenters. The van der Waals surface area contributed by atoms with E-state index in [4.69, 9.17) is 17.0 Å². The zero-order valence-electron chi connectivity index (χ0n) is 17.4. The largest absolute Gasteiger partial charge is 0.494 e. The molecule has 0 bridgehead atoms. The Hall–Kier alpha value is -2.05. The van der Waals surface area contributed by atoms with Gasteiger partial charge < -0.3 is 15.4 Å². The van der Waals surface area contributed by atoms with Crippen molar-refractivity contribution in [3.8, 4) is 5.75 Å². The first-order chi connectivity index (χ1) is 14.0. The second-order valence-corrected chi connectivity index (χ2v) is 8.21. The van der Waals surface area contributed by atoms with Gasteiger partial charge in [0, 0.05) is 29.1 Å². The molecule has 0 aliphatic carbocycles. The molecule has 0 heterocycles. The summed E-state index contributed by atoms with van der Waals surface area (Å²) >= 11 is 7.23. The van der Waals surface area contributed by atoms with Crippen molar-refractivity contribution in [2.24, 2.45) is 0 Å². The highest BCUT2D eigenvalue weighted by atomic mass is 32.2. The Kier molecular flexibility index (Phi) is 10.0. The maximum Gasteiger partial charge on any atom is 0.255 e. The summed E-state index contributed by atoms with van der Waals surface area (Å²) in [7, 11) is 0. The Morgan fingerprint density at radius 3 is 2.52 bits per heavy atom. The quantitative estimate of drug-likeness (QED) is 0.367. The van der Waals surface area contributed by atoms with Crippen molar-refractivity contribution >= 4 is 40.6 Å². The van der Waals surface area contributed by atoms with E-state index >= 15 is 0 Å². The zero-order chi connectivity index (χ0) is 21.1. The van der Waals surface area contributed by atoms with Crippen LogP contribution in [-0.2, 0) is 0 Å². The maximum absolute atomic E-state index is 12.7.